The van der Waals surface area contributed by atoms with E-state index in [1.807, 2.05) is 13.1 Å². The standard InChI is InChI=1S/C15H25NO/c1-5-7-12(2)15(11-16-3)13-8-6-9-14(10-13)17-4/h6,8-10,12,15-16H,5,7,11H2,1-4H3. The smallest absolute Gasteiger partial charge is 0.119 e. The van der Waals surface area contributed by atoms with Crippen LogP contribution in [0.1, 0.15) is 38.2 Å². The lowest BCUT2D eigenvalue weighted by Crippen LogP contribution is -2.22. The fourth-order valence-electron chi connectivity index (χ4n) is 2.40. The predicted molar refractivity (Wildman–Crippen MR) is 73.7 cm³/mol. The first-order chi connectivity index (χ1) is 8.22. The maximum Gasteiger partial charge on any atom is 0.119 e. The van der Waals surface area contributed by atoms with Gasteiger partial charge in [-0.1, -0.05) is 38.8 Å². The SMILES string of the molecule is CCCC(C)C(CNC)c1cccc(OC)c1. The van der Waals surface area contributed by atoms with Crippen LogP contribution in [0, 0.1) is 5.92 Å². The van der Waals surface area contributed by atoms with Crippen molar-refractivity contribution in [1.82, 2.24) is 5.32 Å². The summed E-state index contributed by atoms with van der Waals surface area (Å²) in [4.78, 5) is 0. The van der Waals surface area contributed by atoms with Gasteiger partial charge in [0.25, 0.3) is 0 Å². The molecule has 17 heavy (non-hydrogen) atoms. The van der Waals surface area contributed by atoms with Crippen LogP contribution in [0.3, 0.4) is 0 Å². The fourth-order valence-corrected chi connectivity index (χ4v) is 2.40. The molecule has 0 aliphatic rings. The van der Waals surface area contributed by atoms with Gasteiger partial charge in [-0.3, -0.25) is 0 Å². The first-order valence-corrected chi connectivity index (χ1v) is 6.51. The van der Waals surface area contributed by atoms with Gasteiger partial charge in [-0.05, 0) is 36.6 Å². The van der Waals surface area contributed by atoms with Crippen LogP contribution in [-0.4, -0.2) is 20.7 Å². The summed E-state index contributed by atoms with van der Waals surface area (Å²) in [5.74, 6) is 2.21. The van der Waals surface area contributed by atoms with E-state index in [4.69, 9.17) is 4.74 Å². The first kappa shape index (κ1) is 14.0. The van der Waals surface area contributed by atoms with E-state index in [1.54, 1.807) is 7.11 Å². The summed E-state index contributed by atoms with van der Waals surface area (Å²) in [5.41, 5.74) is 1.37. The number of methoxy groups -OCH3 is 1. The van der Waals surface area contributed by atoms with Gasteiger partial charge in [0.15, 0.2) is 0 Å². The quantitative estimate of drug-likeness (QED) is 0.781. The van der Waals surface area contributed by atoms with Crippen LogP contribution >= 0.6 is 0 Å². The summed E-state index contributed by atoms with van der Waals surface area (Å²) < 4.78 is 5.30. The predicted octanol–water partition coefficient (Wildman–Crippen LogP) is 3.43. The zero-order valence-electron chi connectivity index (χ0n) is 11.5. The number of benzene rings is 1. The van der Waals surface area contributed by atoms with Gasteiger partial charge < -0.3 is 10.1 Å². The maximum absolute atomic E-state index is 5.30. The monoisotopic (exact) mass is 235 g/mol. The Labute approximate surface area is 105 Å². The fraction of sp³-hybridized carbons (Fsp3) is 0.600. The Morgan fingerprint density at radius 2 is 2.12 bits per heavy atom. The molecule has 0 aliphatic carbocycles. The lowest BCUT2D eigenvalue weighted by Gasteiger charge is -2.24. The molecular weight excluding hydrogens is 210 g/mol. The van der Waals surface area contributed by atoms with Gasteiger partial charge in [0.2, 0.25) is 0 Å². The molecule has 2 heteroatoms. The van der Waals surface area contributed by atoms with Crippen LogP contribution in [0.2, 0.25) is 0 Å². The van der Waals surface area contributed by atoms with Gasteiger partial charge >= 0.3 is 0 Å². The first-order valence-electron chi connectivity index (χ1n) is 6.51. The van der Waals surface area contributed by atoms with E-state index in [0.29, 0.717) is 11.8 Å². The molecule has 0 saturated heterocycles. The van der Waals surface area contributed by atoms with Gasteiger partial charge in [-0.15, -0.1) is 0 Å². The van der Waals surface area contributed by atoms with E-state index < -0.39 is 0 Å². The molecule has 0 saturated carbocycles. The van der Waals surface area contributed by atoms with E-state index in [0.717, 1.165) is 12.3 Å². The topological polar surface area (TPSA) is 21.3 Å². The number of hydrogen-bond acceptors (Lipinski definition) is 2. The minimum atomic E-state index is 0.565. The third-order valence-electron chi connectivity index (χ3n) is 3.38. The molecule has 0 radical (unpaired) electrons. The van der Waals surface area contributed by atoms with Crippen molar-refractivity contribution in [3.63, 3.8) is 0 Å². The third-order valence-corrected chi connectivity index (χ3v) is 3.38. The molecule has 2 unspecified atom stereocenters. The summed E-state index contributed by atoms with van der Waals surface area (Å²) in [6, 6.07) is 8.45. The van der Waals surface area contributed by atoms with Crippen LogP contribution in [0.25, 0.3) is 0 Å². The van der Waals surface area contributed by atoms with Crippen LogP contribution in [0.15, 0.2) is 24.3 Å². The summed E-state index contributed by atoms with van der Waals surface area (Å²) in [6.45, 7) is 5.61. The van der Waals surface area contributed by atoms with E-state index in [-0.39, 0.29) is 0 Å². The third kappa shape index (κ3) is 4.04. The Balaban J connectivity index is 2.87. The molecule has 0 heterocycles. The van der Waals surface area contributed by atoms with Crippen LogP contribution in [0.5, 0.6) is 5.75 Å². The Morgan fingerprint density at radius 1 is 1.35 bits per heavy atom. The van der Waals surface area contributed by atoms with Gasteiger partial charge in [0, 0.05) is 6.54 Å². The van der Waals surface area contributed by atoms with Gasteiger partial charge in [-0.2, -0.15) is 0 Å². The molecule has 0 aliphatic heterocycles. The van der Waals surface area contributed by atoms with Crippen molar-refractivity contribution in [2.45, 2.75) is 32.6 Å². The van der Waals surface area contributed by atoms with Gasteiger partial charge in [0.05, 0.1) is 7.11 Å². The maximum atomic E-state index is 5.30. The molecule has 0 spiro atoms. The van der Waals surface area contributed by atoms with Crippen molar-refractivity contribution in [2.75, 3.05) is 20.7 Å². The second kappa shape index (κ2) is 7.33. The molecule has 96 valence electrons. The van der Waals surface area contributed by atoms with Crippen LogP contribution < -0.4 is 10.1 Å². The molecule has 1 N–H and O–H groups in total. The van der Waals surface area contributed by atoms with Crippen molar-refractivity contribution in [2.24, 2.45) is 5.92 Å². The Bertz CT molecular complexity index is 324. The van der Waals surface area contributed by atoms with Crippen molar-refractivity contribution in [1.29, 1.82) is 0 Å². The molecule has 1 aromatic rings. The van der Waals surface area contributed by atoms with E-state index in [1.165, 1.54) is 18.4 Å². The molecule has 0 fully saturated rings. The largest absolute Gasteiger partial charge is 0.497 e. The average molecular weight is 235 g/mol. The van der Waals surface area contributed by atoms with E-state index in [9.17, 15) is 0 Å². The minimum Gasteiger partial charge on any atom is -0.497 e. The molecule has 1 rings (SSSR count). The lowest BCUT2D eigenvalue weighted by molar-refractivity contribution is 0.401. The number of likely N-dealkylation sites (N-methyl/N-ethyl adjacent to an activating group) is 1. The average Bonchev–Trinajstić information content (AvgIpc) is 2.36. The zero-order valence-corrected chi connectivity index (χ0v) is 11.5. The second-order valence-electron chi connectivity index (χ2n) is 4.71. The molecule has 2 atom stereocenters. The molecule has 2 nitrogen and oxygen atoms in total. The van der Waals surface area contributed by atoms with Crippen LogP contribution in [0.4, 0.5) is 0 Å². The number of hydrogen-bond donors (Lipinski definition) is 1. The number of ether oxygens (including phenoxy) is 1. The highest BCUT2D eigenvalue weighted by Gasteiger charge is 2.18. The summed E-state index contributed by atoms with van der Waals surface area (Å²) >= 11 is 0. The lowest BCUT2D eigenvalue weighted by atomic mass is 9.84. The summed E-state index contributed by atoms with van der Waals surface area (Å²) in [6.07, 6.45) is 2.51. The Hall–Kier alpha value is -1.02. The van der Waals surface area contributed by atoms with Gasteiger partial charge in [0.1, 0.15) is 5.75 Å². The van der Waals surface area contributed by atoms with E-state index >= 15 is 0 Å². The molecule has 0 bridgehead atoms. The number of nitrogens with one attached hydrogen (secondary N) is 1. The summed E-state index contributed by atoms with van der Waals surface area (Å²) in [7, 11) is 3.74. The van der Waals surface area contributed by atoms with Crippen molar-refractivity contribution < 1.29 is 4.74 Å². The van der Waals surface area contributed by atoms with Crippen LogP contribution in [-0.2, 0) is 0 Å². The molecule has 1 aromatic carbocycles. The number of rotatable bonds is 7. The second-order valence-corrected chi connectivity index (χ2v) is 4.71. The van der Waals surface area contributed by atoms with Crippen molar-refractivity contribution >= 4 is 0 Å². The normalized spacial score (nSPS) is 14.4. The molecule has 0 aromatic heterocycles. The highest BCUT2D eigenvalue weighted by molar-refractivity contribution is 5.31. The van der Waals surface area contributed by atoms with E-state index in [2.05, 4.69) is 37.4 Å². The minimum absolute atomic E-state index is 0.565. The zero-order chi connectivity index (χ0) is 12.7. The molecular formula is C15H25NO. The molecule has 0 amide bonds. The summed E-state index contributed by atoms with van der Waals surface area (Å²) in [5, 5.41) is 3.30. The highest BCUT2D eigenvalue weighted by Crippen LogP contribution is 2.29. The van der Waals surface area contributed by atoms with Gasteiger partial charge in [-0.25, -0.2) is 0 Å². The highest BCUT2D eigenvalue weighted by atomic mass is 16.5. The van der Waals surface area contributed by atoms with Crippen molar-refractivity contribution in [3.05, 3.63) is 29.8 Å². The van der Waals surface area contributed by atoms with Crippen molar-refractivity contribution in [3.8, 4) is 5.75 Å². The Morgan fingerprint density at radius 3 is 2.71 bits per heavy atom. The Kier molecular flexibility index (Phi) is 6.06.